The summed E-state index contributed by atoms with van der Waals surface area (Å²) in [5.74, 6) is 2.38. The molecule has 4 aliphatic rings. The molecule has 1 N–H and O–H groups in total. The highest BCUT2D eigenvalue weighted by molar-refractivity contribution is 5.33. The first-order chi connectivity index (χ1) is 16.7. The van der Waals surface area contributed by atoms with Crippen molar-refractivity contribution in [2.45, 2.75) is 37.6 Å². The first-order valence-corrected chi connectivity index (χ1v) is 12.4. The van der Waals surface area contributed by atoms with Crippen LogP contribution in [0, 0.1) is 5.92 Å². The molecule has 1 aliphatic carbocycles. The van der Waals surface area contributed by atoms with Crippen LogP contribution >= 0.6 is 0 Å². The van der Waals surface area contributed by atoms with Crippen molar-refractivity contribution in [2.75, 3.05) is 40.4 Å². The molecule has 0 bridgehead atoms. The fraction of sp³-hybridized carbons (Fsp3) is 0.448. The lowest BCUT2D eigenvalue weighted by molar-refractivity contribution is 0.138. The molecule has 1 fully saturated rings. The highest BCUT2D eigenvalue weighted by Gasteiger charge is 2.39. The second kappa shape index (κ2) is 11.5. The van der Waals surface area contributed by atoms with Crippen molar-refractivity contribution in [3.8, 4) is 0 Å². The fourth-order valence-electron chi connectivity index (χ4n) is 5.42. The second-order valence-corrected chi connectivity index (χ2v) is 9.38. The topological polar surface area (TPSA) is 37.0 Å². The normalized spacial score (nSPS) is 28.1. The van der Waals surface area contributed by atoms with Crippen LogP contribution in [-0.4, -0.2) is 55.7 Å². The lowest BCUT2D eigenvalue weighted by Gasteiger charge is -2.47. The summed E-state index contributed by atoms with van der Waals surface area (Å²) < 4.78 is 11.1. The number of fused-ring (bicyclic) bond motifs is 2. The lowest BCUT2D eigenvalue weighted by atomic mass is 9.82. The highest BCUT2D eigenvalue weighted by Crippen LogP contribution is 2.35. The van der Waals surface area contributed by atoms with Gasteiger partial charge in [-0.05, 0) is 67.9 Å². The van der Waals surface area contributed by atoms with Crippen molar-refractivity contribution in [2.24, 2.45) is 5.92 Å². The smallest absolute Gasteiger partial charge is 0.120 e. The minimum Gasteiger partial charge on any atom is -0.497 e. The Balaban J connectivity index is 1.48. The van der Waals surface area contributed by atoms with Crippen molar-refractivity contribution in [3.05, 3.63) is 96.5 Å². The van der Waals surface area contributed by atoms with Gasteiger partial charge >= 0.3 is 0 Å². The molecular formula is C29H39N3O2. The van der Waals surface area contributed by atoms with Gasteiger partial charge in [-0.3, -0.25) is 0 Å². The molecule has 5 heteroatoms. The number of nitrogens with one attached hydrogen (secondary N) is 1. The predicted octanol–water partition coefficient (Wildman–Crippen LogP) is 5.18. The summed E-state index contributed by atoms with van der Waals surface area (Å²) >= 11 is 0. The monoisotopic (exact) mass is 461 g/mol. The average molecular weight is 462 g/mol. The number of methoxy groups -OCH3 is 2. The summed E-state index contributed by atoms with van der Waals surface area (Å²) in [5, 5.41) is 3.81. The van der Waals surface area contributed by atoms with Gasteiger partial charge in [0.25, 0.3) is 0 Å². The van der Waals surface area contributed by atoms with Gasteiger partial charge in [-0.2, -0.15) is 0 Å². The van der Waals surface area contributed by atoms with E-state index in [0.717, 1.165) is 69.8 Å². The molecule has 0 aromatic rings. The molecule has 182 valence electrons. The molecule has 5 nitrogen and oxygen atoms in total. The van der Waals surface area contributed by atoms with Crippen LogP contribution in [0.1, 0.15) is 32.1 Å². The predicted molar refractivity (Wildman–Crippen MR) is 140 cm³/mol. The molecule has 0 aromatic heterocycles. The molecule has 0 radical (unpaired) electrons. The van der Waals surface area contributed by atoms with E-state index in [9.17, 15) is 0 Å². The molecule has 3 aliphatic heterocycles. The van der Waals surface area contributed by atoms with Crippen molar-refractivity contribution in [3.63, 3.8) is 0 Å². The van der Waals surface area contributed by atoms with E-state index >= 15 is 0 Å². The lowest BCUT2D eigenvalue weighted by Crippen LogP contribution is -2.56. The Morgan fingerprint density at radius 1 is 1.18 bits per heavy atom. The molecule has 1 spiro atoms. The second-order valence-electron chi connectivity index (χ2n) is 9.38. The molecule has 0 aromatic carbocycles. The summed E-state index contributed by atoms with van der Waals surface area (Å²) in [6, 6.07) is 0. The SMILES string of the molecule is C=CCC1=CC(CN2CCC3(CC2)N/C=C/C(OC)=C\C=C\N2CC=CCC=C23)CC=C1OC. The third kappa shape index (κ3) is 5.58. The molecule has 1 saturated heterocycles. The van der Waals surface area contributed by atoms with E-state index in [-0.39, 0.29) is 5.54 Å². The molecule has 0 amide bonds. The minimum atomic E-state index is -0.0842. The maximum atomic E-state index is 5.57. The van der Waals surface area contributed by atoms with Crippen LogP contribution < -0.4 is 5.32 Å². The van der Waals surface area contributed by atoms with Crippen molar-refractivity contribution >= 4 is 0 Å². The number of nitrogens with zero attached hydrogens (tertiary/aromatic N) is 2. The number of ether oxygens (including phenoxy) is 2. The zero-order chi connectivity index (χ0) is 23.8. The number of likely N-dealkylation sites (tertiary alicyclic amines) is 1. The van der Waals surface area contributed by atoms with E-state index < -0.39 is 0 Å². The third-order valence-electron chi connectivity index (χ3n) is 7.23. The summed E-state index contributed by atoms with van der Waals surface area (Å²) in [6.07, 6.45) is 28.9. The quantitative estimate of drug-likeness (QED) is 0.552. The Morgan fingerprint density at radius 3 is 2.79 bits per heavy atom. The van der Waals surface area contributed by atoms with Gasteiger partial charge < -0.3 is 24.6 Å². The Labute approximate surface area is 205 Å². The summed E-state index contributed by atoms with van der Waals surface area (Å²) in [6.45, 7) is 8.02. The molecule has 3 heterocycles. The van der Waals surface area contributed by atoms with Gasteiger partial charge in [0.05, 0.1) is 19.8 Å². The van der Waals surface area contributed by atoms with Crippen LogP contribution in [0.5, 0.6) is 0 Å². The van der Waals surface area contributed by atoms with Gasteiger partial charge in [-0.25, -0.2) is 0 Å². The van der Waals surface area contributed by atoms with Gasteiger partial charge in [-0.15, -0.1) is 6.58 Å². The molecule has 1 atom stereocenters. The number of hydrogen-bond donors (Lipinski definition) is 1. The fourth-order valence-corrected chi connectivity index (χ4v) is 5.42. The van der Waals surface area contributed by atoms with Crippen LogP contribution in [0.15, 0.2) is 96.5 Å². The van der Waals surface area contributed by atoms with E-state index in [4.69, 9.17) is 9.47 Å². The van der Waals surface area contributed by atoms with Crippen LogP contribution in [0.4, 0.5) is 0 Å². The summed E-state index contributed by atoms with van der Waals surface area (Å²) in [7, 11) is 3.48. The van der Waals surface area contributed by atoms with Gasteiger partial charge in [0.1, 0.15) is 11.5 Å². The minimum absolute atomic E-state index is 0.0842. The molecule has 4 rings (SSSR count). The van der Waals surface area contributed by atoms with E-state index in [2.05, 4.69) is 70.6 Å². The van der Waals surface area contributed by atoms with Crippen molar-refractivity contribution in [1.29, 1.82) is 0 Å². The zero-order valence-corrected chi connectivity index (χ0v) is 20.7. The Bertz CT molecular complexity index is 942. The van der Waals surface area contributed by atoms with Crippen molar-refractivity contribution < 1.29 is 9.47 Å². The largest absolute Gasteiger partial charge is 0.497 e. The van der Waals surface area contributed by atoms with E-state index in [1.54, 1.807) is 14.2 Å². The summed E-state index contributed by atoms with van der Waals surface area (Å²) in [4.78, 5) is 5.02. The van der Waals surface area contributed by atoms with Gasteiger partial charge in [0.2, 0.25) is 0 Å². The molecule has 0 saturated carbocycles. The van der Waals surface area contributed by atoms with E-state index in [1.807, 2.05) is 18.2 Å². The maximum Gasteiger partial charge on any atom is 0.120 e. The average Bonchev–Trinajstić information content (AvgIpc) is 3.11. The zero-order valence-electron chi connectivity index (χ0n) is 20.7. The Hall–Kier alpha value is -2.92. The maximum absolute atomic E-state index is 5.57. The first-order valence-electron chi connectivity index (χ1n) is 12.4. The standard InChI is InChI=1S/C29H39N3O2/c1-4-9-25-22-24(12-13-27(25)34-3)23-31-20-15-29(16-21-31)28-11-6-5-7-18-32(28)19-8-10-26(33-2)14-17-30-29/h4-5,7-8,10-11,13-14,17,19,22,24,30H,1,6,9,12,15-16,18,20-21,23H2,2-3H3/b17-14+,19-8+,26-10+. The number of piperidine rings is 1. The molecule has 34 heavy (non-hydrogen) atoms. The first kappa shape index (κ1) is 24.2. The van der Waals surface area contributed by atoms with Crippen LogP contribution in [0.25, 0.3) is 0 Å². The number of allylic oxidation sites excluding steroid dienone is 8. The number of hydrogen-bond acceptors (Lipinski definition) is 5. The Kier molecular flexibility index (Phi) is 8.17. The van der Waals surface area contributed by atoms with Gasteiger partial charge in [0.15, 0.2) is 0 Å². The Morgan fingerprint density at radius 2 is 2.03 bits per heavy atom. The number of rotatable bonds is 6. The van der Waals surface area contributed by atoms with Crippen LogP contribution in [0.3, 0.4) is 0 Å². The van der Waals surface area contributed by atoms with Gasteiger partial charge in [-0.1, -0.05) is 30.4 Å². The highest BCUT2D eigenvalue weighted by atomic mass is 16.5. The van der Waals surface area contributed by atoms with E-state index in [0.29, 0.717) is 5.92 Å². The van der Waals surface area contributed by atoms with E-state index in [1.165, 1.54) is 11.3 Å². The third-order valence-corrected chi connectivity index (χ3v) is 7.23. The molecule has 1 unspecified atom stereocenters. The van der Waals surface area contributed by atoms with Gasteiger partial charge in [0, 0.05) is 44.3 Å². The van der Waals surface area contributed by atoms with Crippen molar-refractivity contribution in [1.82, 2.24) is 15.1 Å². The van der Waals surface area contributed by atoms with Crippen LogP contribution in [0.2, 0.25) is 0 Å². The molecular weight excluding hydrogens is 422 g/mol. The van der Waals surface area contributed by atoms with Crippen LogP contribution in [-0.2, 0) is 9.47 Å². The summed E-state index contributed by atoms with van der Waals surface area (Å²) in [5.41, 5.74) is 2.56.